The van der Waals surface area contributed by atoms with E-state index in [0.29, 0.717) is 24.8 Å². The van der Waals surface area contributed by atoms with E-state index in [-0.39, 0.29) is 12.4 Å². The quantitative estimate of drug-likeness (QED) is 0.757. The van der Waals surface area contributed by atoms with Gasteiger partial charge < -0.3 is 15.0 Å². The number of hydrogen-bond acceptors (Lipinski definition) is 5. The topological polar surface area (TPSA) is 74.2 Å². The van der Waals surface area contributed by atoms with Gasteiger partial charge in [-0.2, -0.15) is 18.2 Å². The van der Waals surface area contributed by atoms with E-state index in [0.717, 1.165) is 19.3 Å². The van der Waals surface area contributed by atoms with Crippen molar-refractivity contribution in [1.82, 2.24) is 10.1 Å². The summed E-state index contributed by atoms with van der Waals surface area (Å²) in [5.74, 6) is 1.05. The predicted octanol–water partition coefficient (Wildman–Crippen LogP) is 2.46. The minimum Gasteiger partial charge on any atom is -0.364 e. The van der Waals surface area contributed by atoms with Crippen LogP contribution in [-0.2, 0) is 17.8 Å². The molecule has 2 N–H and O–H groups in total. The zero-order valence-electron chi connectivity index (χ0n) is 11.4. The van der Waals surface area contributed by atoms with Gasteiger partial charge in [-0.3, -0.25) is 0 Å². The maximum absolute atomic E-state index is 11.9. The Morgan fingerprint density at radius 3 is 2.70 bits per heavy atom. The van der Waals surface area contributed by atoms with Crippen LogP contribution in [0.1, 0.15) is 37.9 Å². The molecule has 0 fully saturated rings. The molecule has 20 heavy (non-hydrogen) atoms. The highest BCUT2D eigenvalue weighted by atomic mass is 19.4. The number of nitrogens with zero attached hydrogens (tertiary/aromatic N) is 2. The number of aromatic nitrogens is 2. The van der Waals surface area contributed by atoms with Gasteiger partial charge in [0.1, 0.15) is 13.2 Å². The van der Waals surface area contributed by atoms with Crippen molar-refractivity contribution < 1.29 is 22.4 Å². The largest absolute Gasteiger partial charge is 0.411 e. The van der Waals surface area contributed by atoms with Crippen LogP contribution < -0.4 is 5.73 Å². The first kappa shape index (κ1) is 16.9. The normalized spacial score (nSPS) is 13.7. The molecule has 0 saturated heterocycles. The van der Waals surface area contributed by atoms with Crippen molar-refractivity contribution >= 4 is 0 Å². The molecule has 1 heterocycles. The molecule has 1 unspecified atom stereocenters. The molecule has 0 aliphatic carbocycles. The van der Waals surface area contributed by atoms with Gasteiger partial charge in [0.25, 0.3) is 0 Å². The second-order valence-corrected chi connectivity index (χ2v) is 4.60. The summed E-state index contributed by atoms with van der Waals surface area (Å²) in [6.45, 7) is 1.11. The lowest BCUT2D eigenvalue weighted by atomic mass is 9.97. The van der Waals surface area contributed by atoms with Crippen LogP contribution in [0.15, 0.2) is 4.52 Å². The third-order valence-electron chi connectivity index (χ3n) is 2.93. The Hall–Kier alpha value is -1.15. The fraction of sp³-hybridized carbons (Fsp3) is 0.833. The minimum absolute atomic E-state index is 0.135. The summed E-state index contributed by atoms with van der Waals surface area (Å²) in [6, 6.07) is 0. The smallest absolute Gasteiger partial charge is 0.364 e. The summed E-state index contributed by atoms with van der Waals surface area (Å²) in [5.41, 5.74) is 5.51. The Morgan fingerprint density at radius 2 is 2.10 bits per heavy atom. The molecule has 1 atom stereocenters. The molecule has 0 amide bonds. The van der Waals surface area contributed by atoms with Crippen molar-refractivity contribution in [2.24, 2.45) is 11.7 Å². The fourth-order valence-electron chi connectivity index (χ4n) is 1.82. The van der Waals surface area contributed by atoms with Crippen molar-refractivity contribution in [1.29, 1.82) is 0 Å². The van der Waals surface area contributed by atoms with Crippen LogP contribution in [0, 0.1) is 5.92 Å². The second-order valence-electron chi connectivity index (χ2n) is 4.60. The number of halogens is 3. The summed E-state index contributed by atoms with van der Waals surface area (Å²) >= 11 is 0. The maximum atomic E-state index is 11.9. The summed E-state index contributed by atoms with van der Waals surface area (Å²) < 4.78 is 45.1. The average Bonchev–Trinajstić information content (AvgIpc) is 2.81. The van der Waals surface area contributed by atoms with Crippen LogP contribution in [0.2, 0.25) is 0 Å². The lowest BCUT2D eigenvalue weighted by molar-refractivity contribution is -0.177. The van der Waals surface area contributed by atoms with Gasteiger partial charge in [-0.1, -0.05) is 18.5 Å². The molecule has 8 heteroatoms. The van der Waals surface area contributed by atoms with Crippen molar-refractivity contribution in [2.75, 3.05) is 13.2 Å². The highest BCUT2D eigenvalue weighted by Gasteiger charge is 2.27. The van der Waals surface area contributed by atoms with Gasteiger partial charge >= 0.3 is 6.18 Å². The molecular formula is C12H20F3N3O2. The van der Waals surface area contributed by atoms with E-state index in [9.17, 15) is 13.2 Å². The first-order valence-corrected chi connectivity index (χ1v) is 6.60. The zero-order valence-corrected chi connectivity index (χ0v) is 11.4. The van der Waals surface area contributed by atoms with Crippen molar-refractivity contribution in [3.05, 3.63) is 11.7 Å². The van der Waals surface area contributed by atoms with Gasteiger partial charge in [-0.15, -0.1) is 0 Å². The summed E-state index contributed by atoms with van der Waals surface area (Å²) in [7, 11) is 0. The van der Waals surface area contributed by atoms with E-state index in [2.05, 4.69) is 21.8 Å². The SMILES string of the molecule is CCC(CCN)CCc1nc(COCC(F)(F)F)no1. The summed E-state index contributed by atoms with van der Waals surface area (Å²) in [6.07, 6.45) is -0.911. The van der Waals surface area contributed by atoms with Gasteiger partial charge in [0.05, 0.1) is 0 Å². The van der Waals surface area contributed by atoms with Gasteiger partial charge in [0.15, 0.2) is 5.82 Å². The molecule has 0 spiro atoms. The molecule has 0 saturated carbocycles. The van der Waals surface area contributed by atoms with Crippen LogP contribution in [0.3, 0.4) is 0 Å². The van der Waals surface area contributed by atoms with Crippen LogP contribution in [0.25, 0.3) is 0 Å². The van der Waals surface area contributed by atoms with Crippen LogP contribution >= 0.6 is 0 Å². The van der Waals surface area contributed by atoms with Gasteiger partial charge in [-0.25, -0.2) is 0 Å². The molecule has 0 aliphatic rings. The van der Waals surface area contributed by atoms with E-state index < -0.39 is 12.8 Å². The lowest BCUT2D eigenvalue weighted by Gasteiger charge is -2.11. The van der Waals surface area contributed by atoms with E-state index in [1.165, 1.54) is 0 Å². The summed E-state index contributed by atoms with van der Waals surface area (Å²) in [4.78, 5) is 3.99. The van der Waals surface area contributed by atoms with Crippen molar-refractivity contribution in [2.45, 2.75) is 45.4 Å². The Labute approximate surface area is 115 Å². The van der Waals surface area contributed by atoms with E-state index in [1.807, 2.05) is 0 Å². The zero-order chi connectivity index (χ0) is 15.0. The van der Waals surface area contributed by atoms with Crippen molar-refractivity contribution in [3.8, 4) is 0 Å². The summed E-state index contributed by atoms with van der Waals surface area (Å²) in [5, 5.41) is 3.58. The molecule has 1 aromatic heterocycles. The third kappa shape index (κ3) is 6.85. The lowest BCUT2D eigenvalue weighted by Crippen LogP contribution is -2.17. The average molecular weight is 295 g/mol. The van der Waals surface area contributed by atoms with Gasteiger partial charge in [0, 0.05) is 6.42 Å². The fourth-order valence-corrected chi connectivity index (χ4v) is 1.82. The molecule has 0 aliphatic heterocycles. The third-order valence-corrected chi connectivity index (χ3v) is 2.93. The molecule has 5 nitrogen and oxygen atoms in total. The molecule has 116 valence electrons. The van der Waals surface area contributed by atoms with Crippen molar-refractivity contribution in [3.63, 3.8) is 0 Å². The van der Waals surface area contributed by atoms with E-state index in [1.54, 1.807) is 0 Å². The number of rotatable bonds is 9. The first-order valence-electron chi connectivity index (χ1n) is 6.60. The Balaban J connectivity index is 2.32. The van der Waals surface area contributed by atoms with Crippen LogP contribution in [-0.4, -0.2) is 29.5 Å². The predicted molar refractivity (Wildman–Crippen MR) is 65.8 cm³/mol. The number of nitrogens with two attached hydrogens (primary N) is 1. The molecule has 1 rings (SSSR count). The maximum Gasteiger partial charge on any atom is 0.411 e. The highest BCUT2D eigenvalue weighted by molar-refractivity contribution is 4.85. The number of aryl methyl sites for hydroxylation is 1. The molecule has 0 bridgehead atoms. The number of alkyl halides is 3. The molecule has 0 aromatic carbocycles. The number of ether oxygens (including phenoxy) is 1. The Bertz CT molecular complexity index is 382. The van der Waals surface area contributed by atoms with Gasteiger partial charge in [0.2, 0.25) is 5.89 Å². The Morgan fingerprint density at radius 1 is 1.35 bits per heavy atom. The van der Waals surface area contributed by atoms with E-state index in [4.69, 9.17) is 10.3 Å². The second kappa shape index (κ2) is 8.21. The van der Waals surface area contributed by atoms with E-state index >= 15 is 0 Å². The molecule has 0 radical (unpaired) electrons. The number of hydrogen-bond donors (Lipinski definition) is 1. The molecule has 1 aromatic rings. The minimum atomic E-state index is -4.34. The Kier molecular flexibility index (Phi) is 6.94. The first-order chi connectivity index (χ1) is 9.44. The van der Waals surface area contributed by atoms with Crippen LogP contribution in [0.5, 0.6) is 0 Å². The highest BCUT2D eigenvalue weighted by Crippen LogP contribution is 2.17. The van der Waals surface area contributed by atoms with Gasteiger partial charge in [-0.05, 0) is 25.3 Å². The molecular weight excluding hydrogens is 275 g/mol. The standard InChI is InChI=1S/C12H20F3N3O2/c1-2-9(5-6-16)3-4-11-17-10(18-20-11)7-19-8-12(13,14)15/h9H,2-8,16H2,1H3. The monoisotopic (exact) mass is 295 g/mol. The van der Waals surface area contributed by atoms with Crippen LogP contribution in [0.4, 0.5) is 13.2 Å².